The summed E-state index contributed by atoms with van der Waals surface area (Å²) in [6.07, 6.45) is 1.41. The number of aryl methyl sites for hydroxylation is 1. The molecule has 0 saturated heterocycles. The second-order valence-corrected chi connectivity index (χ2v) is 8.48. The summed E-state index contributed by atoms with van der Waals surface area (Å²) in [6, 6.07) is 7.34. The van der Waals surface area contributed by atoms with Crippen LogP contribution in [0.2, 0.25) is 5.02 Å². The molecule has 11 heteroatoms. The van der Waals surface area contributed by atoms with Crippen molar-refractivity contribution in [3.63, 3.8) is 0 Å². The largest absolute Gasteiger partial charge is 0.352 e. The van der Waals surface area contributed by atoms with E-state index in [0.717, 1.165) is 4.31 Å². The number of nitrogens with one attached hydrogen (secondary N) is 2. The number of halogens is 2. The van der Waals surface area contributed by atoms with E-state index in [2.05, 4.69) is 15.0 Å². The Kier molecular flexibility index (Phi) is 5.28. The summed E-state index contributed by atoms with van der Waals surface area (Å²) in [6.45, 7) is 0. The zero-order valence-corrected chi connectivity index (χ0v) is 16.8. The minimum Gasteiger partial charge on any atom is -0.352 e. The van der Waals surface area contributed by atoms with E-state index in [1.165, 1.54) is 43.2 Å². The fraction of sp³-hybridized carbons (Fsp3) is 0.176. The van der Waals surface area contributed by atoms with E-state index < -0.39 is 16.0 Å². The van der Waals surface area contributed by atoms with Crippen molar-refractivity contribution < 1.29 is 12.8 Å². The lowest BCUT2D eigenvalue weighted by atomic mass is 10.2. The molecule has 3 rings (SSSR count). The highest BCUT2D eigenvalue weighted by Gasteiger charge is 2.19. The molecule has 8 nitrogen and oxygen atoms in total. The molecule has 0 spiro atoms. The van der Waals surface area contributed by atoms with Crippen LogP contribution in [0.1, 0.15) is 0 Å². The van der Waals surface area contributed by atoms with Crippen molar-refractivity contribution >= 4 is 49.8 Å². The standard InChI is InChI=1S/C17H17ClFN5O3S/c1-23(2)28(26,27)22-14-7-5-12(18)16(15(14)19)21-10-4-6-13-11(8-10)17(25)24(3)9-20-13/h4-9,21-22H,1-3H3. The Balaban J connectivity index is 2.03. The van der Waals surface area contributed by atoms with Crippen LogP contribution in [-0.4, -0.2) is 36.4 Å². The van der Waals surface area contributed by atoms with Crippen LogP contribution in [0, 0.1) is 5.82 Å². The van der Waals surface area contributed by atoms with Crippen LogP contribution in [0.3, 0.4) is 0 Å². The van der Waals surface area contributed by atoms with Crippen LogP contribution in [0.25, 0.3) is 10.9 Å². The van der Waals surface area contributed by atoms with Crippen LogP contribution in [0.5, 0.6) is 0 Å². The minimum absolute atomic E-state index is 0.0458. The van der Waals surface area contributed by atoms with Gasteiger partial charge in [-0.2, -0.15) is 12.7 Å². The molecule has 1 aromatic heterocycles. The van der Waals surface area contributed by atoms with Crippen molar-refractivity contribution in [1.29, 1.82) is 0 Å². The smallest absolute Gasteiger partial charge is 0.301 e. The Morgan fingerprint density at radius 3 is 2.61 bits per heavy atom. The van der Waals surface area contributed by atoms with E-state index in [4.69, 9.17) is 11.6 Å². The van der Waals surface area contributed by atoms with Crippen LogP contribution in [0.4, 0.5) is 21.5 Å². The monoisotopic (exact) mass is 425 g/mol. The molecule has 0 aliphatic rings. The summed E-state index contributed by atoms with van der Waals surface area (Å²) in [5.41, 5.74) is 0.242. The van der Waals surface area contributed by atoms with Gasteiger partial charge in [-0.3, -0.25) is 9.52 Å². The first-order valence-electron chi connectivity index (χ1n) is 8.01. The Morgan fingerprint density at radius 2 is 1.93 bits per heavy atom. The molecule has 28 heavy (non-hydrogen) atoms. The van der Waals surface area contributed by atoms with Gasteiger partial charge in [-0.15, -0.1) is 0 Å². The van der Waals surface area contributed by atoms with Gasteiger partial charge in [-0.05, 0) is 30.3 Å². The van der Waals surface area contributed by atoms with E-state index in [-0.39, 0.29) is 22.0 Å². The van der Waals surface area contributed by atoms with Gasteiger partial charge in [0.1, 0.15) is 0 Å². The van der Waals surface area contributed by atoms with E-state index in [9.17, 15) is 17.6 Å². The molecule has 0 radical (unpaired) electrons. The molecule has 0 fully saturated rings. The molecule has 0 unspecified atom stereocenters. The van der Waals surface area contributed by atoms with E-state index >= 15 is 0 Å². The summed E-state index contributed by atoms with van der Waals surface area (Å²) in [7, 11) is 0.317. The molecule has 0 bridgehead atoms. The fourth-order valence-corrected chi connectivity index (χ4v) is 3.22. The third-order valence-electron chi connectivity index (χ3n) is 4.00. The number of anilines is 3. The Hall–Kier alpha value is -2.69. The minimum atomic E-state index is -3.90. The summed E-state index contributed by atoms with van der Waals surface area (Å²) in [5, 5.41) is 3.19. The highest BCUT2D eigenvalue weighted by atomic mass is 35.5. The average Bonchev–Trinajstić information content (AvgIpc) is 2.64. The zero-order valence-electron chi connectivity index (χ0n) is 15.2. The molecule has 148 valence electrons. The first-order valence-corrected chi connectivity index (χ1v) is 9.82. The molecule has 3 aromatic rings. The Labute approximate surface area is 165 Å². The number of aromatic nitrogens is 2. The van der Waals surface area contributed by atoms with Crippen molar-refractivity contribution in [3.8, 4) is 0 Å². The number of hydrogen-bond donors (Lipinski definition) is 2. The second kappa shape index (κ2) is 7.38. The van der Waals surface area contributed by atoms with E-state index in [0.29, 0.717) is 16.6 Å². The summed E-state index contributed by atoms with van der Waals surface area (Å²) in [5.74, 6) is -0.878. The van der Waals surface area contributed by atoms with Gasteiger partial charge >= 0.3 is 10.2 Å². The number of nitrogens with zero attached hydrogens (tertiary/aromatic N) is 3. The molecule has 2 aromatic carbocycles. The molecule has 0 amide bonds. The Morgan fingerprint density at radius 1 is 1.21 bits per heavy atom. The summed E-state index contributed by atoms with van der Waals surface area (Å²) < 4.78 is 43.2. The number of hydrogen-bond acceptors (Lipinski definition) is 5. The third kappa shape index (κ3) is 3.79. The first kappa shape index (κ1) is 20.1. The van der Waals surface area contributed by atoms with E-state index in [1.807, 2.05) is 0 Å². The predicted molar refractivity (Wildman–Crippen MR) is 108 cm³/mol. The maximum Gasteiger partial charge on any atom is 0.301 e. The molecule has 2 N–H and O–H groups in total. The fourth-order valence-electron chi connectivity index (χ4n) is 2.41. The lowest BCUT2D eigenvalue weighted by Gasteiger charge is -2.17. The summed E-state index contributed by atoms with van der Waals surface area (Å²) >= 11 is 6.09. The maximum atomic E-state index is 14.9. The van der Waals surface area contributed by atoms with Crippen LogP contribution in [-0.2, 0) is 17.3 Å². The van der Waals surface area contributed by atoms with Gasteiger partial charge in [0.2, 0.25) is 0 Å². The van der Waals surface area contributed by atoms with Gasteiger partial charge < -0.3 is 9.88 Å². The number of benzene rings is 2. The number of fused-ring (bicyclic) bond motifs is 1. The zero-order chi connectivity index (χ0) is 20.6. The van der Waals surface area contributed by atoms with Crippen LogP contribution < -0.4 is 15.6 Å². The van der Waals surface area contributed by atoms with Crippen molar-refractivity contribution in [1.82, 2.24) is 13.9 Å². The predicted octanol–water partition coefficient (Wildman–Crippen LogP) is 2.69. The van der Waals surface area contributed by atoms with E-state index in [1.54, 1.807) is 19.2 Å². The molecule has 0 saturated carbocycles. The molecule has 1 heterocycles. The average molecular weight is 426 g/mol. The number of rotatable bonds is 5. The van der Waals surface area contributed by atoms with Gasteiger partial charge in [-0.25, -0.2) is 9.37 Å². The molecular formula is C17H17ClFN5O3S. The molecular weight excluding hydrogens is 409 g/mol. The lowest BCUT2D eigenvalue weighted by molar-refractivity contribution is 0.526. The summed E-state index contributed by atoms with van der Waals surface area (Å²) in [4.78, 5) is 16.4. The third-order valence-corrected chi connectivity index (χ3v) is 5.75. The van der Waals surface area contributed by atoms with Gasteiger partial charge in [0, 0.05) is 26.8 Å². The van der Waals surface area contributed by atoms with Crippen molar-refractivity contribution in [2.45, 2.75) is 0 Å². The first-order chi connectivity index (χ1) is 13.1. The quantitative estimate of drug-likeness (QED) is 0.655. The topological polar surface area (TPSA) is 96.3 Å². The van der Waals surface area contributed by atoms with Crippen LogP contribution in [0.15, 0.2) is 41.5 Å². The Bertz CT molecular complexity index is 1230. The maximum absolute atomic E-state index is 14.9. The van der Waals surface area contributed by atoms with Gasteiger partial charge in [0.05, 0.1) is 33.6 Å². The normalized spacial score (nSPS) is 11.8. The van der Waals surface area contributed by atoms with Crippen molar-refractivity contribution in [3.05, 3.63) is 57.9 Å². The lowest BCUT2D eigenvalue weighted by Crippen LogP contribution is -2.29. The van der Waals surface area contributed by atoms with Crippen molar-refractivity contribution in [2.75, 3.05) is 24.1 Å². The SMILES string of the molecule is CN(C)S(=O)(=O)Nc1ccc(Cl)c(Nc2ccc3ncn(C)c(=O)c3c2)c1F. The molecule has 0 atom stereocenters. The highest BCUT2D eigenvalue weighted by molar-refractivity contribution is 7.90. The van der Waals surface area contributed by atoms with Gasteiger partial charge in [0.15, 0.2) is 5.82 Å². The van der Waals surface area contributed by atoms with Gasteiger partial charge in [-0.1, -0.05) is 11.6 Å². The molecule has 0 aliphatic heterocycles. The van der Waals surface area contributed by atoms with Crippen LogP contribution >= 0.6 is 11.6 Å². The molecule has 0 aliphatic carbocycles. The van der Waals surface area contributed by atoms with Gasteiger partial charge in [0.25, 0.3) is 5.56 Å². The highest BCUT2D eigenvalue weighted by Crippen LogP contribution is 2.33. The van der Waals surface area contributed by atoms with Crippen molar-refractivity contribution in [2.24, 2.45) is 7.05 Å². The second-order valence-electron chi connectivity index (χ2n) is 6.19.